The summed E-state index contributed by atoms with van der Waals surface area (Å²) in [5.74, 6) is 1.19. The van der Waals surface area contributed by atoms with Gasteiger partial charge >= 0.3 is 0 Å². The molecule has 0 amide bonds. The number of aromatic nitrogens is 2. The molecule has 0 saturated carbocycles. The average Bonchev–Trinajstić information content (AvgIpc) is 2.23. The van der Waals surface area contributed by atoms with Crippen LogP contribution in [0.5, 0.6) is 0 Å². The van der Waals surface area contributed by atoms with Crippen molar-refractivity contribution >= 4 is 27.3 Å². The molecule has 0 fully saturated rings. The number of anilines is 1. The molecule has 0 aliphatic carbocycles. The van der Waals surface area contributed by atoms with Crippen LogP contribution in [0.25, 0.3) is 0 Å². The zero-order valence-electron chi connectivity index (χ0n) is 10.3. The van der Waals surface area contributed by atoms with E-state index >= 15 is 0 Å². The summed E-state index contributed by atoms with van der Waals surface area (Å²) >= 11 is 5.83. The quantitative estimate of drug-likeness (QED) is 0.599. The van der Waals surface area contributed by atoms with Crippen LogP contribution in [0, 0.1) is 0 Å². The molecule has 1 rings (SSSR count). The Balaban J connectivity index is 2.51. The summed E-state index contributed by atoms with van der Waals surface area (Å²) < 4.78 is 26.8. The van der Waals surface area contributed by atoms with Crippen LogP contribution < -0.4 is 5.32 Å². The molecule has 0 spiro atoms. The molecule has 0 saturated heterocycles. The predicted octanol–water partition coefficient (Wildman–Crippen LogP) is 1.12. The van der Waals surface area contributed by atoms with E-state index in [4.69, 9.17) is 16.3 Å². The topological polar surface area (TPSA) is 81.2 Å². The van der Waals surface area contributed by atoms with E-state index in [9.17, 15) is 8.42 Å². The van der Waals surface area contributed by atoms with Gasteiger partial charge in [0, 0.05) is 26.0 Å². The van der Waals surface area contributed by atoms with Crippen LogP contribution in [0.15, 0.2) is 6.07 Å². The Hall–Kier alpha value is -0.920. The maximum absolute atomic E-state index is 10.9. The van der Waals surface area contributed by atoms with Crippen LogP contribution >= 0.6 is 11.6 Å². The lowest BCUT2D eigenvalue weighted by Crippen LogP contribution is -2.11. The van der Waals surface area contributed by atoms with Gasteiger partial charge in [0.2, 0.25) is 0 Å². The minimum atomic E-state index is -2.92. The molecule has 1 N–H and O–H groups in total. The lowest BCUT2D eigenvalue weighted by Gasteiger charge is -2.07. The van der Waals surface area contributed by atoms with Gasteiger partial charge in [-0.05, 0) is 6.42 Å². The first kappa shape index (κ1) is 15.1. The normalized spacial score (nSPS) is 11.5. The Morgan fingerprint density at radius 3 is 2.78 bits per heavy atom. The number of hydrogen-bond acceptors (Lipinski definition) is 6. The summed E-state index contributed by atoms with van der Waals surface area (Å²) in [7, 11) is -1.38. The Morgan fingerprint density at radius 2 is 2.17 bits per heavy atom. The Labute approximate surface area is 112 Å². The fourth-order valence-electron chi connectivity index (χ4n) is 1.30. The van der Waals surface area contributed by atoms with Gasteiger partial charge in [0.05, 0.1) is 5.75 Å². The maximum Gasteiger partial charge on any atom is 0.158 e. The number of methoxy groups -OCH3 is 1. The molecule has 18 heavy (non-hydrogen) atoms. The van der Waals surface area contributed by atoms with Crippen molar-refractivity contribution in [3.05, 3.63) is 17.0 Å². The molecular weight excluding hydrogens is 278 g/mol. The molecule has 0 aliphatic rings. The Morgan fingerprint density at radius 1 is 1.44 bits per heavy atom. The molecule has 0 aliphatic heterocycles. The third-order valence-electron chi connectivity index (χ3n) is 2.01. The third-order valence-corrected chi connectivity index (χ3v) is 3.24. The van der Waals surface area contributed by atoms with Crippen molar-refractivity contribution < 1.29 is 13.2 Å². The summed E-state index contributed by atoms with van der Waals surface area (Å²) in [6, 6.07) is 1.58. The van der Waals surface area contributed by atoms with Crippen molar-refractivity contribution in [2.24, 2.45) is 0 Å². The zero-order valence-corrected chi connectivity index (χ0v) is 11.9. The number of rotatable bonds is 7. The minimum absolute atomic E-state index is 0.143. The van der Waals surface area contributed by atoms with E-state index in [1.807, 2.05) is 0 Å². The Bertz CT molecular complexity index is 493. The molecule has 0 atom stereocenters. The summed E-state index contributed by atoms with van der Waals surface area (Å²) in [5.41, 5.74) is 0. The summed E-state index contributed by atoms with van der Waals surface area (Å²) in [6.45, 7) is 0.783. The van der Waals surface area contributed by atoms with E-state index in [2.05, 4.69) is 15.3 Å². The maximum atomic E-state index is 10.9. The number of sulfone groups is 1. The molecule has 102 valence electrons. The standard InChI is InChI=1S/C10H16ClN3O3S/c1-17-7-10-13-8(11)6-9(14-10)12-4-3-5-18(2,15)16/h6H,3-5,7H2,1-2H3,(H,12,13,14). The van der Waals surface area contributed by atoms with Crippen molar-refractivity contribution in [3.63, 3.8) is 0 Å². The van der Waals surface area contributed by atoms with Crippen molar-refractivity contribution in [3.8, 4) is 0 Å². The fraction of sp³-hybridized carbons (Fsp3) is 0.600. The molecule has 0 unspecified atom stereocenters. The van der Waals surface area contributed by atoms with Gasteiger partial charge in [0.25, 0.3) is 0 Å². The number of halogens is 1. The second kappa shape index (κ2) is 6.86. The molecule has 0 aromatic carbocycles. The molecule has 1 aromatic heterocycles. The summed E-state index contributed by atoms with van der Waals surface area (Å²) in [5, 5.41) is 3.32. The molecule has 1 aromatic rings. The van der Waals surface area contributed by atoms with Gasteiger partial charge in [-0.1, -0.05) is 11.6 Å². The van der Waals surface area contributed by atoms with E-state index in [1.54, 1.807) is 13.2 Å². The number of hydrogen-bond donors (Lipinski definition) is 1. The number of nitrogens with one attached hydrogen (secondary N) is 1. The molecule has 1 heterocycles. The molecule has 0 bridgehead atoms. The predicted molar refractivity (Wildman–Crippen MR) is 70.6 cm³/mol. The molecular formula is C10H16ClN3O3S. The van der Waals surface area contributed by atoms with Crippen molar-refractivity contribution in [2.45, 2.75) is 13.0 Å². The van der Waals surface area contributed by atoms with Crippen LogP contribution in [0.1, 0.15) is 12.2 Å². The average molecular weight is 294 g/mol. The van der Waals surface area contributed by atoms with Crippen LogP contribution in [0.3, 0.4) is 0 Å². The first-order valence-electron chi connectivity index (χ1n) is 5.35. The zero-order chi connectivity index (χ0) is 13.6. The smallest absolute Gasteiger partial charge is 0.158 e. The molecule has 6 nitrogen and oxygen atoms in total. The highest BCUT2D eigenvalue weighted by atomic mass is 35.5. The molecule has 8 heteroatoms. The number of nitrogens with zero attached hydrogens (tertiary/aromatic N) is 2. The van der Waals surface area contributed by atoms with Gasteiger partial charge < -0.3 is 10.1 Å². The van der Waals surface area contributed by atoms with Crippen molar-refractivity contribution in [1.29, 1.82) is 0 Å². The number of ether oxygens (including phenoxy) is 1. The monoisotopic (exact) mass is 293 g/mol. The van der Waals surface area contributed by atoms with Gasteiger partial charge in [-0.3, -0.25) is 0 Å². The lowest BCUT2D eigenvalue weighted by molar-refractivity contribution is 0.178. The van der Waals surface area contributed by atoms with Gasteiger partial charge in [-0.15, -0.1) is 0 Å². The van der Waals surface area contributed by atoms with Crippen molar-refractivity contribution in [2.75, 3.05) is 31.0 Å². The molecule has 0 radical (unpaired) electrons. The highest BCUT2D eigenvalue weighted by Gasteiger charge is 2.04. The fourth-order valence-corrected chi connectivity index (χ4v) is 2.17. The van der Waals surface area contributed by atoms with E-state index in [-0.39, 0.29) is 12.4 Å². The minimum Gasteiger partial charge on any atom is -0.377 e. The van der Waals surface area contributed by atoms with E-state index in [1.165, 1.54) is 6.26 Å². The third kappa shape index (κ3) is 6.13. The Kier molecular flexibility index (Phi) is 5.77. The van der Waals surface area contributed by atoms with E-state index < -0.39 is 9.84 Å². The van der Waals surface area contributed by atoms with Gasteiger partial charge in [0.15, 0.2) is 5.82 Å². The van der Waals surface area contributed by atoms with Crippen LogP contribution in [0.2, 0.25) is 5.15 Å². The first-order valence-corrected chi connectivity index (χ1v) is 7.78. The first-order chi connectivity index (χ1) is 8.40. The SMILES string of the molecule is COCc1nc(Cl)cc(NCCCS(C)(=O)=O)n1. The largest absolute Gasteiger partial charge is 0.377 e. The van der Waals surface area contributed by atoms with Gasteiger partial charge in [0.1, 0.15) is 27.4 Å². The highest BCUT2D eigenvalue weighted by Crippen LogP contribution is 2.12. The van der Waals surface area contributed by atoms with Crippen LogP contribution in [0.4, 0.5) is 5.82 Å². The second-order valence-electron chi connectivity index (χ2n) is 3.84. The summed E-state index contributed by atoms with van der Waals surface area (Å²) in [6.07, 6.45) is 1.73. The summed E-state index contributed by atoms with van der Waals surface area (Å²) in [4.78, 5) is 8.16. The van der Waals surface area contributed by atoms with E-state index in [0.29, 0.717) is 29.8 Å². The van der Waals surface area contributed by atoms with Crippen LogP contribution in [-0.4, -0.2) is 44.0 Å². The van der Waals surface area contributed by atoms with Crippen LogP contribution in [-0.2, 0) is 21.2 Å². The van der Waals surface area contributed by atoms with Gasteiger partial charge in [-0.25, -0.2) is 18.4 Å². The lowest BCUT2D eigenvalue weighted by atomic mass is 10.4. The highest BCUT2D eigenvalue weighted by molar-refractivity contribution is 7.90. The van der Waals surface area contributed by atoms with E-state index in [0.717, 1.165) is 0 Å². The van der Waals surface area contributed by atoms with Gasteiger partial charge in [-0.2, -0.15) is 0 Å². The second-order valence-corrected chi connectivity index (χ2v) is 6.48. The van der Waals surface area contributed by atoms with Crippen molar-refractivity contribution in [1.82, 2.24) is 9.97 Å².